The van der Waals surface area contributed by atoms with E-state index in [2.05, 4.69) is 15.1 Å². The van der Waals surface area contributed by atoms with Gasteiger partial charge in [-0.05, 0) is 36.2 Å². The van der Waals surface area contributed by atoms with Gasteiger partial charge in [0, 0.05) is 37.5 Å². The minimum Gasteiger partial charge on any atom is -0.495 e. The molecule has 1 saturated heterocycles. The van der Waals surface area contributed by atoms with Crippen molar-refractivity contribution < 1.29 is 22.1 Å². The van der Waals surface area contributed by atoms with Gasteiger partial charge in [-0.1, -0.05) is 5.16 Å². The average molecular weight is 404 g/mol. The first-order chi connectivity index (χ1) is 13.5. The van der Waals surface area contributed by atoms with Crippen molar-refractivity contribution in [3.63, 3.8) is 0 Å². The molecular formula is C18H17FN4O4S. The number of methoxy groups -OCH3 is 1. The van der Waals surface area contributed by atoms with Crippen molar-refractivity contribution >= 4 is 10.0 Å². The zero-order chi connectivity index (χ0) is 19.7. The summed E-state index contributed by atoms with van der Waals surface area (Å²) in [5.41, 5.74) is 0.744. The van der Waals surface area contributed by atoms with Crippen molar-refractivity contribution in [1.29, 1.82) is 0 Å². The molecule has 1 aromatic carbocycles. The van der Waals surface area contributed by atoms with E-state index in [1.807, 2.05) is 6.07 Å². The van der Waals surface area contributed by atoms with Gasteiger partial charge in [-0.25, -0.2) is 12.8 Å². The van der Waals surface area contributed by atoms with Crippen molar-refractivity contribution in [2.24, 2.45) is 5.92 Å². The van der Waals surface area contributed by atoms with E-state index < -0.39 is 15.8 Å². The second kappa shape index (κ2) is 7.28. The molecule has 28 heavy (non-hydrogen) atoms. The van der Waals surface area contributed by atoms with Gasteiger partial charge in [0.05, 0.1) is 7.11 Å². The molecule has 2 aromatic heterocycles. The van der Waals surface area contributed by atoms with E-state index in [4.69, 9.17) is 9.26 Å². The largest absolute Gasteiger partial charge is 0.495 e. The Morgan fingerprint density at radius 3 is 2.86 bits per heavy atom. The molecule has 1 aliphatic rings. The smallest absolute Gasteiger partial charge is 0.246 e. The Hall–Kier alpha value is -2.85. The van der Waals surface area contributed by atoms with Gasteiger partial charge in [-0.2, -0.15) is 9.29 Å². The highest BCUT2D eigenvalue weighted by atomic mass is 32.2. The molecule has 0 unspecified atom stereocenters. The molecule has 0 saturated carbocycles. The highest BCUT2D eigenvalue weighted by Gasteiger charge is 2.39. The molecule has 1 aliphatic heterocycles. The molecule has 0 atom stereocenters. The normalized spacial score (nSPS) is 15.4. The van der Waals surface area contributed by atoms with Crippen LogP contribution in [0.1, 0.15) is 5.89 Å². The van der Waals surface area contributed by atoms with Crippen LogP contribution in [0.2, 0.25) is 0 Å². The highest BCUT2D eigenvalue weighted by molar-refractivity contribution is 7.89. The highest BCUT2D eigenvalue weighted by Crippen LogP contribution is 2.32. The van der Waals surface area contributed by atoms with Crippen LogP contribution >= 0.6 is 0 Å². The number of rotatable bonds is 6. The molecule has 10 heteroatoms. The van der Waals surface area contributed by atoms with Crippen LogP contribution in [0, 0.1) is 11.7 Å². The molecule has 3 aromatic rings. The van der Waals surface area contributed by atoms with E-state index in [9.17, 15) is 12.8 Å². The molecule has 0 amide bonds. The van der Waals surface area contributed by atoms with Crippen molar-refractivity contribution in [2.75, 3.05) is 20.2 Å². The van der Waals surface area contributed by atoms with E-state index >= 15 is 0 Å². The maximum absolute atomic E-state index is 13.5. The fourth-order valence-electron chi connectivity index (χ4n) is 3.04. The second-order valence-corrected chi connectivity index (χ2v) is 8.35. The summed E-state index contributed by atoms with van der Waals surface area (Å²) in [4.78, 5) is 8.17. The third-order valence-electron chi connectivity index (χ3n) is 4.52. The third kappa shape index (κ3) is 3.48. The van der Waals surface area contributed by atoms with E-state index in [1.54, 1.807) is 18.5 Å². The van der Waals surface area contributed by atoms with Crippen LogP contribution in [0.15, 0.2) is 52.1 Å². The number of halogens is 1. The van der Waals surface area contributed by atoms with Gasteiger partial charge >= 0.3 is 0 Å². The number of hydrogen-bond donors (Lipinski definition) is 0. The maximum atomic E-state index is 13.5. The summed E-state index contributed by atoms with van der Waals surface area (Å²) in [7, 11) is -2.49. The van der Waals surface area contributed by atoms with Gasteiger partial charge < -0.3 is 9.26 Å². The summed E-state index contributed by atoms with van der Waals surface area (Å²) < 4.78 is 50.6. The fraction of sp³-hybridized carbons (Fsp3) is 0.278. The van der Waals surface area contributed by atoms with Crippen LogP contribution in [0.5, 0.6) is 5.75 Å². The molecule has 0 bridgehead atoms. The average Bonchev–Trinajstić information content (AvgIpc) is 3.13. The number of hydrogen-bond acceptors (Lipinski definition) is 7. The summed E-state index contributed by atoms with van der Waals surface area (Å²) in [6.07, 6.45) is 3.75. The summed E-state index contributed by atoms with van der Waals surface area (Å²) in [6.45, 7) is 0.569. The summed E-state index contributed by atoms with van der Waals surface area (Å²) in [5.74, 6) is 0.394. The minimum atomic E-state index is -3.84. The first-order valence-corrected chi connectivity index (χ1v) is 9.98. The van der Waals surface area contributed by atoms with E-state index in [-0.39, 0.29) is 29.7 Å². The number of benzene rings is 1. The first-order valence-electron chi connectivity index (χ1n) is 8.54. The van der Waals surface area contributed by atoms with Crippen LogP contribution in [0.4, 0.5) is 4.39 Å². The number of sulfonamides is 1. The van der Waals surface area contributed by atoms with Gasteiger partial charge in [0.2, 0.25) is 21.7 Å². The monoisotopic (exact) mass is 404 g/mol. The standard InChI is InChI=1S/C18H17FN4O4S/c1-26-15-5-4-14(19)8-16(15)28(24,25)23-10-12(11-23)7-17-21-18(22-27-17)13-3-2-6-20-9-13/h2-6,8-9,12H,7,10-11H2,1H3. The Bertz CT molecular complexity index is 1080. The van der Waals surface area contributed by atoms with E-state index in [1.165, 1.54) is 17.5 Å². The van der Waals surface area contributed by atoms with Gasteiger partial charge in [0.15, 0.2) is 0 Å². The van der Waals surface area contributed by atoms with Crippen LogP contribution < -0.4 is 4.74 Å². The molecular weight excluding hydrogens is 387 g/mol. The Morgan fingerprint density at radius 1 is 1.32 bits per heavy atom. The third-order valence-corrected chi connectivity index (χ3v) is 6.37. The van der Waals surface area contributed by atoms with E-state index in [0.29, 0.717) is 18.1 Å². The Labute approximate surface area is 161 Å². The lowest BCUT2D eigenvalue weighted by Gasteiger charge is -2.37. The maximum Gasteiger partial charge on any atom is 0.246 e. The van der Waals surface area contributed by atoms with Crippen molar-refractivity contribution in [2.45, 2.75) is 11.3 Å². The quantitative estimate of drug-likeness (QED) is 0.621. The zero-order valence-electron chi connectivity index (χ0n) is 14.9. The topological polar surface area (TPSA) is 98.4 Å². The molecule has 4 rings (SSSR count). The molecule has 0 spiro atoms. The van der Waals surface area contributed by atoms with Crippen molar-refractivity contribution in [3.8, 4) is 17.1 Å². The predicted molar refractivity (Wildman–Crippen MR) is 96.4 cm³/mol. The lowest BCUT2D eigenvalue weighted by atomic mass is 9.99. The molecule has 3 heterocycles. The Kier molecular flexibility index (Phi) is 4.82. The SMILES string of the molecule is COc1ccc(F)cc1S(=O)(=O)N1CC(Cc2nc(-c3cccnc3)no2)C1. The Morgan fingerprint density at radius 2 is 2.14 bits per heavy atom. The van der Waals surface area contributed by atoms with Crippen LogP contribution in [0.25, 0.3) is 11.4 Å². The van der Waals surface area contributed by atoms with Crippen molar-refractivity contribution in [3.05, 3.63) is 54.4 Å². The second-order valence-electron chi connectivity index (χ2n) is 6.44. The minimum absolute atomic E-state index is 0.0385. The molecule has 1 fully saturated rings. The number of nitrogens with zero attached hydrogens (tertiary/aromatic N) is 4. The van der Waals surface area contributed by atoms with Crippen molar-refractivity contribution in [1.82, 2.24) is 19.4 Å². The predicted octanol–water partition coefficient (Wildman–Crippen LogP) is 2.14. The summed E-state index contributed by atoms with van der Waals surface area (Å²) >= 11 is 0. The van der Waals surface area contributed by atoms with Gasteiger partial charge in [-0.3, -0.25) is 4.98 Å². The molecule has 0 N–H and O–H groups in total. The molecule has 146 valence electrons. The zero-order valence-corrected chi connectivity index (χ0v) is 15.8. The number of ether oxygens (including phenoxy) is 1. The van der Waals surface area contributed by atoms with Crippen LogP contribution in [-0.2, 0) is 16.4 Å². The Balaban J connectivity index is 1.42. The van der Waals surface area contributed by atoms with Gasteiger partial charge in [-0.15, -0.1) is 0 Å². The lowest BCUT2D eigenvalue weighted by molar-refractivity contribution is 0.185. The first kappa shape index (κ1) is 18.5. The lowest BCUT2D eigenvalue weighted by Crippen LogP contribution is -2.50. The number of pyridine rings is 1. The molecule has 0 radical (unpaired) electrons. The van der Waals surface area contributed by atoms with Gasteiger partial charge in [0.1, 0.15) is 16.5 Å². The summed E-state index contributed by atoms with van der Waals surface area (Å²) in [6, 6.07) is 7.04. The molecule has 8 nitrogen and oxygen atoms in total. The molecule has 0 aliphatic carbocycles. The van der Waals surface area contributed by atoms with E-state index in [0.717, 1.165) is 17.7 Å². The summed E-state index contributed by atoms with van der Waals surface area (Å²) in [5, 5.41) is 3.93. The fourth-order valence-corrected chi connectivity index (χ4v) is 4.80. The van der Waals surface area contributed by atoms with Crippen LogP contribution in [0.3, 0.4) is 0 Å². The number of aromatic nitrogens is 3. The van der Waals surface area contributed by atoms with Crippen LogP contribution in [-0.4, -0.2) is 48.0 Å². The van der Waals surface area contributed by atoms with Gasteiger partial charge in [0.25, 0.3) is 0 Å².